The van der Waals surface area contributed by atoms with E-state index in [1.54, 1.807) is 0 Å². The number of aldehydes is 1. The predicted molar refractivity (Wildman–Crippen MR) is 58.0 cm³/mol. The summed E-state index contributed by atoms with van der Waals surface area (Å²) >= 11 is 0. The van der Waals surface area contributed by atoms with Gasteiger partial charge < -0.3 is 14.6 Å². The number of hydrogen-bond donors (Lipinski definition) is 1. The molecule has 6 nitrogen and oxygen atoms in total. The lowest BCUT2D eigenvalue weighted by Gasteiger charge is -2.15. The SMILES string of the molecule is COc1ccc(C(O)C([NH])=O)c(C=O)c1OC. The zero-order valence-corrected chi connectivity index (χ0v) is 9.39. The van der Waals surface area contributed by atoms with Crippen LogP contribution < -0.4 is 15.2 Å². The quantitative estimate of drug-likeness (QED) is 0.747. The number of rotatable bonds is 5. The number of hydrogen-bond acceptors (Lipinski definition) is 5. The number of aliphatic hydroxyl groups excluding tert-OH is 1. The topological polar surface area (TPSA) is 96.6 Å². The Kier molecular flexibility index (Phi) is 4.06. The number of benzene rings is 1. The molecule has 1 atom stereocenters. The van der Waals surface area contributed by atoms with Gasteiger partial charge in [0.05, 0.1) is 19.8 Å². The minimum Gasteiger partial charge on any atom is -0.493 e. The van der Waals surface area contributed by atoms with Gasteiger partial charge in [0.25, 0.3) is 5.91 Å². The van der Waals surface area contributed by atoms with Crippen LogP contribution in [0, 0.1) is 0 Å². The number of aliphatic hydroxyl groups is 1. The van der Waals surface area contributed by atoms with Crippen LogP contribution in [0.1, 0.15) is 22.0 Å². The van der Waals surface area contributed by atoms with Gasteiger partial charge in [-0.05, 0) is 6.07 Å². The Hall–Kier alpha value is -2.08. The van der Waals surface area contributed by atoms with Gasteiger partial charge >= 0.3 is 0 Å². The standard InChI is InChI=1S/C11H12NO5/c1-16-8-4-3-6(9(14)11(12)15)7(5-13)10(8)17-2/h3-5,9,12,14H,1-2H3. The van der Waals surface area contributed by atoms with E-state index >= 15 is 0 Å². The van der Waals surface area contributed by atoms with Crippen LogP contribution in [0.3, 0.4) is 0 Å². The first kappa shape index (κ1) is 13.0. The number of carbonyl (C=O) groups excluding carboxylic acids is 2. The largest absolute Gasteiger partial charge is 0.493 e. The molecule has 1 radical (unpaired) electrons. The fourth-order valence-electron chi connectivity index (χ4n) is 1.47. The fraction of sp³-hybridized carbons (Fsp3) is 0.273. The molecule has 0 saturated heterocycles. The maximum absolute atomic E-state index is 11.0. The van der Waals surface area contributed by atoms with Crippen LogP contribution in [0.5, 0.6) is 11.5 Å². The number of carbonyl (C=O) groups is 2. The second kappa shape index (κ2) is 5.31. The van der Waals surface area contributed by atoms with Crippen molar-refractivity contribution in [1.29, 1.82) is 0 Å². The molecular formula is C11H12NO5. The summed E-state index contributed by atoms with van der Waals surface area (Å²) in [5.74, 6) is -0.761. The Bertz CT molecular complexity index is 444. The molecule has 1 aromatic rings. The highest BCUT2D eigenvalue weighted by Crippen LogP contribution is 2.34. The van der Waals surface area contributed by atoms with Crippen molar-refractivity contribution in [1.82, 2.24) is 5.73 Å². The minimum atomic E-state index is -1.67. The number of amides is 1. The molecule has 91 valence electrons. The molecule has 0 aliphatic rings. The summed E-state index contributed by atoms with van der Waals surface area (Å²) in [4.78, 5) is 21.8. The number of ether oxygens (including phenoxy) is 2. The van der Waals surface area contributed by atoms with Crippen LogP contribution in [-0.4, -0.2) is 31.5 Å². The van der Waals surface area contributed by atoms with Crippen molar-refractivity contribution >= 4 is 12.2 Å². The van der Waals surface area contributed by atoms with Gasteiger partial charge in [-0.3, -0.25) is 15.3 Å². The molecule has 0 bridgehead atoms. The van der Waals surface area contributed by atoms with Crippen molar-refractivity contribution < 1.29 is 24.2 Å². The monoisotopic (exact) mass is 238 g/mol. The van der Waals surface area contributed by atoms with E-state index in [4.69, 9.17) is 15.2 Å². The van der Waals surface area contributed by atoms with E-state index in [2.05, 4.69) is 0 Å². The summed E-state index contributed by atoms with van der Waals surface area (Å²) in [6.45, 7) is 0. The van der Waals surface area contributed by atoms with Crippen molar-refractivity contribution in [2.45, 2.75) is 6.10 Å². The molecule has 17 heavy (non-hydrogen) atoms. The smallest absolute Gasteiger partial charge is 0.271 e. The molecule has 0 saturated carbocycles. The Morgan fingerprint density at radius 1 is 1.41 bits per heavy atom. The van der Waals surface area contributed by atoms with Crippen molar-refractivity contribution in [2.75, 3.05) is 14.2 Å². The maximum Gasteiger partial charge on any atom is 0.271 e. The Morgan fingerprint density at radius 3 is 2.47 bits per heavy atom. The molecule has 1 amide bonds. The molecule has 0 aromatic heterocycles. The Labute approximate surface area is 97.9 Å². The third kappa shape index (κ3) is 2.36. The third-order valence-corrected chi connectivity index (χ3v) is 2.28. The summed E-state index contributed by atoms with van der Waals surface area (Å²) in [6.07, 6.45) is -1.22. The zero-order valence-electron chi connectivity index (χ0n) is 9.39. The average Bonchev–Trinajstić information content (AvgIpc) is 2.35. The zero-order chi connectivity index (χ0) is 13.0. The average molecular weight is 238 g/mol. The highest BCUT2D eigenvalue weighted by Gasteiger charge is 2.23. The van der Waals surface area contributed by atoms with Gasteiger partial charge in [0.15, 0.2) is 23.9 Å². The van der Waals surface area contributed by atoms with Gasteiger partial charge in [0.2, 0.25) is 0 Å². The molecule has 6 heteroatoms. The van der Waals surface area contributed by atoms with Gasteiger partial charge in [0.1, 0.15) is 0 Å². The van der Waals surface area contributed by atoms with E-state index in [1.807, 2.05) is 0 Å². The Morgan fingerprint density at radius 2 is 2.06 bits per heavy atom. The lowest BCUT2D eigenvalue weighted by Crippen LogP contribution is -2.15. The van der Waals surface area contributed by atoms with E-state index in [0.717, 1.165) is 0 Å². The molecule has 0 aliphatic heterocycles. The van der Waals surface area contributed by atoms with Gasteiger partial charge in [-0.1, -0.05) is 6.07 Å². The Balaban J connectivity index is 3.43. The van der Waals surface area contributed by atoms with Crippen molar-refractivity contribution in [2.24, 2.45) is 0 Å². The molecular weight excluding hydrogens is 226 g/mol. The van der Waals surface area contributed by atoms with Crippen molar-refractivity contribution in [3.63, 3.8) is 0 Å². The van der Waals surface area contributed by atoms with Crippen LogP contribution in [0.25, 0.3) is 0 Å². The molecule has 0 heterocycles. The molecule has 0 spiro atoms. The molecule has 1 rings (SSSR count). The number of nitrogens with one attached hydrogen (secondary N) is 1. The highest BCUT2D eigenvalue weighted by molar-refractivity contribution is 5.88. The van der Waals surface area contributed by atoms with E-state index in [0.29, 0.717) is 12.0 Å². The number of methoxy groups -OCH3 is 2. The van der Waals surface area contributed by atoms with E-state index in [-0.39, 0.29) is 16.9 Å². The molecule has 0 aliphatic carbocycles. The molecule has 2 N–H and O–H groups in total. The van der Waals surface area contributed by atoms with Crippen LogP contribution in [0.2, 0.25) is 0 Å². The summed E-state index contributed by atoms with van der Waals surface area (Å²) in [5, 5.41) is 9.50. The van der Waals surface area contributed by atoms with Crippen LogP contribution in [0.4, 0.5) is 0 Å². The van der Waals surface area contributed by atoms with E-state index in [9.17, 15) is 14.7 Å². The summed E-state index contributed by atoms with van der Waals surface area (Å²) in [5.41, 5.74) is 6.87. The molecule has 1 aromatic carbocycles. The highest BCUT2D eigenvalue weighted by atomic mass is 16.5. The molecule has 0 fully saturated rings. The maximum atomic E-state index is 11.0. The lowest BCUT2D eigenvalue weighted by molar-refractivity contribution is -0.126. The summed E-state index contributed by atoms with van der Waals surface area (Å²) in [6, 6.07) is 2.80. The normalized spacial score (nSPS) is 11.7. The van der Waals surface area contributed by atoms with Gasteiger partial charge in [-0.2, -0.15) is 0 Å². The first-order valence-corrected chi connectivity index (χ1v) is 4.70. The van der Waals surface area contributed by atoms with Gasteiger partial charge in [-0.15, -0.1) is 0 Å². The first-order chi connectivity index (χ1) is 8.06. The predicted octanol–water partition coefficient (Wildman–Crippen LogP) is 0.359. The second-order valence-corrected chi connectivity index (χ2v) is 3.19. The third-order valence-electron chi connectivity index (χ3n) is 2.28. The minimum absolute atomic E-state index is 0.0000463. The summed E-state index contributed by atoms with van der Waals surface area (Å²) < 4.78 is 9.97. The van der Waals surface area contributed by atoms with Crippen LogP contribution >= 0.6 is 0 Å². The van der Waals surface area contributed by atoms with Gasteiger partial charge in [0, 0.05) is 5.56 Å². The first-order valence-electron chi connectivity index (χ1n) is 4.70. The molecule has 1 unspecified atom stereocenters. The van der Waals surface area contributed by atoms with Crippen molar-refractivity contribution in [3.8, 4) is 11.5 Å². The van der Waals surface area contributed by atoms with Crippen LogP contribution in [0.15, 0.2) is 12.1 Å². The van der Waals surface area contributed by atoms with Crippen LogP contribution in [-0.2, 0) is 4.79 Å². The summed E-state index contributed by atoms with van der Waals surface area (Å²) in [7, 11) is 2.74. The fourth-order valence-corrected chi connectivity index (χ4v) is 1.47. The second-order valence-electron chi connectivity index (χ2n) is 3.19. The van der Waals surface area contributed by atoms with Gasteiger partial charge in [-0.25, -0.2) is 0 Å². The van der Waals surface area contributed by atoms with E-state index in [1.165, 1.54) is 26.4 Å². The lowest BCUT2D eigenvalue weighted by atomic mass is 10.0. The van der Waals surface area contributed by atoms with Crippen molar-refractivity contribution in [3.05, 3.63) is 23.3 Å². The van der Waals surface area contributed by atoms with E-state index < -0.39 is 12.0 Å².